The zero-order valence-electron chi connectivity index (χ0n) is 12.7. The quantitative estimate of drug-likeness (QED) is 0.770. The third-order valence-corrected chi connectivity index (χ3v) is 3.29. The van der Waals surface area contributed by atoms with E-state index >= 15 is 0 Å². The summed E-state index contributed by atoms with van der Waals surface area (Å²) in [7, 11) is 0. The number of hydrogen-bond donors (Lipinski definition) is 1. The van der Waals surface area contributed by atoms with Gasteiger partial charge in [-0.25, -0.2) is 4.39 Å². The largest absolute Gasteiger partial charge is 0.489 e. The number of nitrogens with one attached hydrogen (secondary N) is 1. The highest BCUT2D eigenvalue weighted by Gasteiger charge is 2.03. The van der Waals surface area contributed by atoms with Crippen molar-refractivity contribution >= 4 is 0 Å². The average molecular weight is 287 g/mol. The molecule has 2 nitrogen and oxygen atoms in total. The summed E-state index contributed by atoms with van der Waals surface area (Å²) in [5, 5.41) is 3.38. The maximum atomic E-state index is 13.2. The molecule has 0 saturated heterocycles. The van der Waals surface area contributed by atoms with Crippen LogP contribution in [0.5, 0.6) is 5.75 Å². The van der Waals surface area contributed by atoms with Gasteiger partial charge in [-0.2, -0.15) is 0 Å². The van der Waals surface area contributed by atoms with Crippen LogP contribution in [0.1, 0.15) is 30.0 Å². The highest BCUT2D eigenvalue weighted by atomic mass is 19.1. The smallest absolute Gasteiger partial charge is 0.126 e. The minimum Gasteiger partial charge on any atom is -0.489 e. The molecule has 112 valence electrons. The summed E-state index contributed by atoms with van der Waals surface area (Å²) in [5.74, 6) is 0.331. The van der Waals surface area contributed by atoms with E-state index < -0.39 is 0 Å². The zero-order chi connectivity index (χ0) is 15.1. The molecule has 2 aromatic carbocycles. The Kier molecular flexibility index (Phi) is 5.76. The fraction of sp³-hybridized carbons (Fsp3) is 0.333. The minimum absolute atomic E-state index is 0.270. The Hall–Kier alpha value is -1.87. The Balaban J connectivity index is 1.96. The number of ether oxygens (including phenoxy) is 1. The SMILES string of the molecule is CCCNCc1cccc(COc2cc(F)ccc2C)c1. The Bertz CT molecular complexity index is 583. The van der Waals surface area contributed by atoms with Crippen LogP contribution in [0.4, 0.5) is 4.39 Å². The van der Waals surface area contributed by atoms with Crippen molar-refractivity contribution < 1.29 is 9.13 Å². The Morgan fingerprint density at radius 2 is 1.90 bits per heavy atom. The molecule has 0 aliphatic heterocycles. The van der Waals surface area contributed by atoms with Gasteiger partial charge in [0.2, 0.25) is 0 Å². The Morgan fingerprint density at radius 3 is 2.71 bits per heavy atom. The van der Waals surface area contributed by atoms with Gasteiger partial charge in [-0.1, -0.05) is 37.3 Å². The van der Waals surface area contributed by atoms with Crippen molar-refractivity contribution in [2.24, 2.45) is 0 Å². The van der Waals surface area contributed by atoms with Gasteiger partial charge in [-0.15, -0.1) is 0 Å². The number of rotatable bonds is 7. The molecule has 0 fully saturated rings. The normalized spacial score (nSPS) is 10.6. The van der Waals surface area contributed by atoms with E-state index in [1.807, 2.05) is 19.1 Å². The fourth-order valence-corrected chi connectivity index (χ4v) is 2.13. The second-order valence-electron chi connectivity index (χ2n) is 5.20. The van der Waals surface area contributed by atoms with Crippen molar-refractivity contribution in [3.8, 4) is 5.75 Å². The van der Waals surface area contributed by atoms with Crippen LogP contribution < -0.4 is 10.1 Å². The van der Waals surface area contributed by atoms with Gasteiger partial charge < -0.3 is 10.1 Å². The standard InChI is InChI=1S/C18H22FNO/c1-3-9-20-12-15-5-4-6-16(10-15)13-21-18-11-17(19)8-7-14(18)2/h4-8,10-11,20H,3,9,12-13H2,1-2H3. The van der Waals surface area contributed by atoms with Crippen LogP contribution >= 0.6 is 0 Å². The maximum Gasteiger partial charge on any atom is 0.126 e. The molecule has 2 aromatic rings. The highest BCUT2D eigenvalue weighted by molar-refractivity contribution is 5.33. The number of benzene rings is 2. The molecule has 0 unspecified atom stereocenters. The summed E-state index contributed by atoms with van der Waals surface area (Å²) >= 11 is 0. The number of aryl methyl sites for hydroxylation is 1. The molecule has 2 rings (SSSR count). The zero-order valence-corrected chi connectivity index (χ0v) is 12.7. The second-order valence-corrected chi connectivity index (χ2v) is 5.20. The minimum atomic E-state index is -0.270. The summed E-state index contributed by atoms with van der Waals surface area (Å²) in [5.41, 5.74) is 3.27. The van der Waals surface area contributed by atoms with Crippen molar-refractivity contribution in [1.82, 2.24) is 5.32 Å². The van der Waals surface area contributed by atoms with E-state index in [0.717, 1.165) is 30.6 Å². The molecule has 0 radical (unpaired) electrons. The second kappa shape index (κ2) is 7.79. The van der Waals surface area contributed by atoms with Gasteiger partial charge in [-0.3, -0.25) is 0 Å². The van der Waals surface area contributed by atoms with Crippen molar-refractivity contribution in [2.45, 2.75) is 33.4 Å². The molecule has 0 amide bonds. The van der Waals surface area contributed by atoms with Gasteiger partial charge >= 0.3 is 0 Å². The molecule has 0 bridgehead atoms. The monoisotopic (exact) mass is 287 g/mol. The van der Waals surface area contributed by atoms with Gasteiger partial charge in [0.15, 0.2) is 0 Å². The fourth-order valence-electron chi connectivity index (χ4n) is 2.13. The summed E-state index contributed by atoms with van der Waals surface area (Å²) in [6.07, 6.45) is 1.13. The van der Waals surface area contributed by atoms with Gasteiger partial charge in [0, 0.05) is 12.6 Å². The molecule has 0 aromatic heterocycles. The first kappa shape index (κ1) is 15.5. The first-order valence-electron chi connectivity index (χ1n) is 7.36. The summed E-state index contributed by atoms with van der Waals surface area (Å²) in [6, 6.07) is 12.9. The van der Waals surface area contributed by atoms with Crippen LogP contribution in [0, 0.1) is 12.7 Å². The van der Waals surface area contributed by atoms with Gasteiger partial charge in [0.05, 0.1) is 0 Å². The van der Waals surface area contributed by atoms with Crippen LogP contribution in [0.3, 0.4) is 0 Å². The third kappa shape index (κ3) is 4.87. The molecular formula is C18H22FNO. The Morgan fingerprint density at radius 1 is 1.10 bits per heavy atom. The van der Waals surface area contributed by atoms with E-state index in [2.05, 4.69) is 24.4 Å². The van der Waals surface area contributed by atoms with Crippen LogP contribution in [-0.4, -0.2) is 6.54 Å². The van der Waals surface area contributed by atoms with E-state index in [-0.39, 0.29) is 5.82 Å². The predicted molar refractivity (Wildman–Crippen MR) is 83.9 cm³/mol. The van der Waals surface area contributed by atoms with Crippen molar-refractivity contribution in [3.05, 3.63) is 65.0 Å². The molecule has 0 aliphatic rings. The molecule has 0 spiro atoms. The first-order chi connectivity index (χ1) is 10.2. The van der Waals surface area contributed by atoms with E-state index in [4.69, 9.17) is 4.74 Å². The lowest BCUT2D eigenvalue weighted by Crippen LogP contribution is -2.13. The number of halogens is 1. The number of hydrogen-bond acceptors (Lipinski definition) is 2. The Labute approximate surface area is 126 Å². The van der Waals surface area contributed by atoms with Crippen LogP contribution in [0.15, 0.2) is 42.5 Å². The van der Waals surface area contributed by atoms with E-state index in [1.54, 1.807) is 6.07 Å². The summed E-state index contributed by atoms with van der Waals surface area (Å²) < 4.78 is 18.9. The third-order valence-electron chi connectivity index (χ3n) is 3.29. The average Bonchev–Trinajstić information content (AvgIpc) is 2.49. The maximum absolute atomic E-state index is 13.2. The van der Waals surface area contributed by atoms with E-state index in [1.165, 1.54) is 17.7 Å². The lowest BCUT2D eigenvalue weighted by molar-refractivity contribution is 0.302. The molecule has 0 heterocycles. The van der Waals surface area contributed by atoms with E-state index in [9.17, 15) is 4.39 Å². The molecule has 21 heavy (non-hydrogen) atoms. The van der Waals surface area contributed by atoms with Gasteiger partial charge in [-0.05, 0) is 42.6 Å². The van der Waals surface area contributed by atoms with Crippen molar-refractivity contribution in [2.75, 3.05) is 6.54 Å². The molecular weight excluding hydrogens is 265 g/mol. The topological polar surface area (TPSA) is 21.3 Å². The molecule has 0 atom stereocenters. The van der Waals surface area contributed by atoms with Crippen LogP contribution in [0.25, 0.3) is 0 Å². The lowest BCUT2D eigenvalue weighted by Gasteiger charge is -2.10. The lowest BCUT2D eigenvalue weighted by atomic mass is 10.1. The van der Waals surface area contributed by atoms with E-state index in [0.29, 0.717) is 12.4 Å². The molecule has 1 N–H and O–H groups in total. The van der Waals surface area contributed by atoms with Gasteiger partial charge in [0.1, 0.15) is 18.2 Å². The summed E-state index contributed by atoms with van der Waals surface area (Å²) in [6.45, 7) is 6.40. The molecule has 0 saturated carbocycles. The van der Waals surface area contributed by atoms with Crippen molar-refractivity contribution in [1.29, 1.82) is 0 Å². The van der Waals surface area contributed by atoms with Crippen molar-refractivity contribution in [3.63, 3.8) is 0 Å². The van der Waals surface area contributed by atoms with Crippen LogP contribution in [0.2, 0.25) is 0 Å². The highest BCUT2D eigenvalue weighted by Crippen LogP contribution is 2.20. The first-order valence-corrected chi connectivity index (χ1v) is 7.36. The summed E-state index contributed by atoms with van der Waals surface area (Å²) in [4.78, 5) is 0. The molecule has 0 aliphatic carbocycles. The predicted octanol–water partition coefficient (Wildman–Crippen LogP) is 4.21. The van der Waals surface area contributed by atoms with Gasteiger partial charge in [0.25, 0.3) is 0 Å². The van der Waals surface area contributed by atoms with Crippen LogP contribution in [-0.2, 0) is 13.2 Å². The molecule has 3 heteroatoms.